The number of ether oxygens (including phenoxy) is 2. The van der Waals surface area contributed by atoms with Crippen molar-refractivity contribution in [1.82, 2.24) is 5.32 Å². The van der Waals surface area contributed by atoms with Crippen molar-refractivity contribution in [1.29, 1.82) is 0 Å². The van der Waals surface area contributed by atoms with Crippen molar-refractivity contribution in [2.24, 2.45) is 5.10 Å². The van der Waals surface area contributed by atoms with Crippen LogP contribution < -0.4 is 24.7 Å². The maximum absolute atomic E-state index is 13.8. The lowest BCUT2D eigenvalue weighted by molar-refractivity contribution is -0.114. The zero-order chi connectivity index (χ0) is 32.7. The molecule has 13 heteroatoms. The minimum atomic E-state index is -0.668. The van der Waals surface area contributed by atoms with Gasteiger partial charge in [-0.3, -0.25) is 19.2 Å². The van der Waals surface area contributed by atoms with Gasteiger partial charge in [0.05, 0.1) is 46.7 Å². The highest BCUT2D eigenvalue weighted by molar-refractivity contribution is 6.44. The summed E-state index contributed by atoms with van der Waals surface area (Å²) < 4.78 is 10.7. The Bertz CT molecular complexity index is 1990. The first-order valence-electron chi connectivity index (χ1n) is 13.5. The number of amidine groups is 1. The van der Waals surface area contributed by atoms with Crippen LogP contribution in [0.25, 0.3) is 6.08 Å². The predicted molar refractivity (Wildman–Crippen MR) is 175 cm³/mol. The standard InChI is InChI=1S/C33H21Cl3N4O6/c1-45-26-11-10-17(13-27(26)46-2)12-23-29(38-40(33(23)44)28-24(35)15-19(34)16-25(28)36)37-30(41)18-6-5-7-20(14-18)39-31(42)21-8-3-4-9-22(21)32(39)43/h3-16H,1-2H3,(H,37,38,41)/b23-12+. The lowest BCUT2D eigenvalue weighted by atomic mass is 10.1. The van der Waals surface area contributed by atoms with Gasteiger partial charge in [0, 0.05) is 10.6 Å². The number of amides is 4. The maximum atomic E-state index is 13.8. The van der Waals surface area contributed by atoms with Crippen molar-refractivity contribution < 1.29 is 28.7 Å². The Morgan fingerprint density at radius 3 is 2.07 bits per heavy atom. The van der Waals surface area contributed by atoms with Crippen LogP contribution in [0, 0.1) is 0 Å². The third-order valence-electron chi connectivity index (χ3n) is 7.18. The summed E-state index contributed by atoms with van der Waals surface area (Å²) in [5.41, 5.74) is 1.43. The Kier molecular flexibility index (Phi) is 8.26. The Labute approximate surface area is 277 Å². The van der Waals surface area contributed by atoms with E-state index in [0.717, 1.165) is 9.91 Å². The highest BCUT2D eigenvalue weighted by Crippen LogP contribution is 2.39. The summed E-state index contributed by atoms with van der Waals surface area (Å²) in [6.45, 7) is 0. The molecular weight excluding hydrogens is 655 g/mol. The molecule has 46 heavy (non-hydrogen) atoms. The van der Waals surface area contributed by atoms with E-state index >= 15 is 0 Å². The van der Waals surface area contributed by atoms with E-state index in [0.29, 0.717) is 17.1 Å². The van der Waals surface area contributed by atoms with Gasteiger partial charge in [0.15, 0.2) is 17.3 Å². The molecule has 0 aromatic heterocycles. The topological polar surface area (TPSA) is 118 Å². The zero-order valence-electron chi connectivity index (χ0n) is 24.0. The number of carbonyl (C=O) groups excluding carboxylic acids is 4. The third kappa shape index (κ3) is 5.47. The minimum Gasteiger partial charge on any atom is -0.493 e. The van der Waals surface area contributed by atoms with Gasteiger partial charge in [-0.05, 0) is 66.2 Å². The number of carbonyl (C=O) groups is 4. The van der Waals surface area contributed by atoms with Crippen LogP contribution >= 0.6 is 34.8 Å². The number of rotatable bonds is 6. The molecule has 1 N–H and O–H groups in total. The molecule has 0 bridgehead atoms. The van der Waals surface area contributed by atoms with Crippen molar-refractivity contribution in [3.8, 4) is 11.5 Å². The molecule has 0 radical (unpaired) electrons. The largest absolute Gasteiger partial charge is 0.493 e. The number of fused-ring (bicyclic) bond motifs is 1. The lowest BCUT2D eigenvalue weighted by Gasteiger charge is -2.15. The number of nitrogens with one attached hydrogen (secondary N) is 1. The molecule has 230 valence electrons. The van der Waals surface area contributed by atoms with E-state index in [2.05, 4.69) is 10.4 Å². The van der Waals surface area contributed by atoms with E-state index in [9.17, 15) is 19.2 Å². The molecule has 0 fully saturated rings. The van der Waals surface area contributed by atoms with E-state index in [4.69, 9.17) is 44.3 Å². The molecule has 0 spiro atoms. The van der Waals surface area contributed by atoms with Crippen molar-refractivity contribution in [3.05, 3.63) is 122 Å². The van der Waals surface area contributed by atoms with Gasteiger partial charge in [-0.2, -0.15) is 5.01 Å². The van der Waals surface area contributed by atoms with Gasteiger partial charge in [0.25, 0.3) is 23.6 Å². The Morgan fingerprint density at radius 1 is 0.783 bits per heavy atom. The average molecular weight is 676 g/mol. The molecule has 2 heterocycles. The molecule has 10 nitrogen and oxygen atoms in total. The van der Waals surface area contributed by atoms with Crippen LogP contribution in [0.2, 0.25) is 15.1 Å². The van der Waals surface area contributed by atoms with Crippen molar-refractivity contribution in [2.75, 3.05) is 24.1 Å². The molecular formula is C33H21Cl3N4O6. The molecule has 2 aliphatic heterocycles. The summed E-state index contributed by atoms with van der Waals surface area (Å²) in [5, 5.41) is 8.39. The number of halogens is 3. The molecule has 0 saturated carbocycles. The fraction of sp³-hybridized carbons (Fsp3) is 0.0606. The number of anilines is 2. The van der Waals surface area contributed by atoms with Gasteiger partial charge in [-0.15, -0.1) is 5.10 Å². The van der Waals surface area contributed by atoms with Crippen LogP contribution in [-0.2, 0) is 4.79 Å². The molecule has 0 atom stereocenters. The molecule has 4 amide bonds. The third-order valence-corrected chi connectivity index (χ3v) is 7.98. The summed E-state index contributed by atoms with van der Waals surface area (Å²) in [6, 6.07) is 20.3. The number of hydrogen-bond donors (Lipinski definition) is 1. The number of hydrazone groups is 1. The van der Waals surface area contributed by atoms with Crippen molar-refractivity contribution >= 4 is 81.7 Å². The van der Waals surface area contributed by atoms with Crippen LogP contribution in [0.15, 0.2) is 89.5 Å². The normalized spacial score (nSPS) is 14.9. The van der Waals surface area contributed by atoms with E-state index in [-0.39, 0.29) is 54.5 Å². The first-order chi connectivity index (χ1) is 22.1. The first-order valence-corrected chi connectivity index (χ1v) is 14.7. The van der Waals surface area contributed by atoms with Crippen molar-refractivity contribution in [2.45, 2.75) is 0 Å². The zero-order valence-corrected chi connectivity index (χ0v) is 26.3. The smallest absolute Gasteiger partial charge is 0.282 e. The Balaban J connectivity index is 1.37. The first kappa shape index (κ1) is 30.8. The number of imide groups is 1. The van der Waals surface area contributed by atoms with Gasteiger partial charge in [0.1, 0.15) is 5.69 Å². The van der Waals surface area contributed by atoms with Crippen molar-refractivity contribution in [3.63, 3.8) is 0 Å². The van der Waals surface area contributed by atoms with Crippen LogP contribution in [0.3, 0.4) is 0 Å². The van der Waals surface area contributed by atoms with Gasteiger partial charge < -0.3 is 14.8 Å². The maximum Gasteiger partial charge on any atom is 0.282 e. The summed E-state index contributed by atoms with van der Waals surface area (Å²) in [4.78, 5) is 54.5. The van der Waals surface area contributed by atoms with Gasteiger partial charge >= 0.3 is 0 Å². The van der Waals surface area contributed by atoms with E-state index in [1.165, 1.54) is 50.6 Å². The molecule has 4 aromatic rings. The van der Waals surface area contributed by atoms with E-state index in [1.54, 1.807) is 48.5 Å². The lowest BCUT2D eigenvalue weighted by Crippen LogP contribution is -2.32. The predicted octanol–water partition coefficient (Wildman–Crippen LogP) is 6.64. The SMILES string of the molecule is COc1ccc(/C=C2/C(=O)N(c3c(Cl)cc(Cl)cc3Cl)N=C2NC(=O)c2cccc(N3C(=O)c4ccccc4C3=O)c2)cc1OC. The van der Waals surface area contributed by atoms with Gasteiger partial charge in [0.2, 0.25) is 0 Å². The quantitative estimate of drug-likeness (QED) is 0.181. The summed E-state index contributed by atoms with van der Waals surface area (Å²) in [6.07, 6.45) is 1.51. The molecule has 4 aromatic carbocycles. The van der Waals surface area contributed by atoms with Crippen LogP contribution in [0.1, 0.15) is 36.6 Å². The average Bonchev–Trinajstić information content (AvgIpc) is 3.48. The van der Waals surface area contributed by atoms with Gasteiger partial charge in [-0.1, -0.05) is 59.1 Å². The van der Waals surface area contributed by atoms with E-state index in [1.807, 2.05) is 0 Å². The number of hydrogen-bond acceptors (Lipinski definition) is 7. The Morgan fingerprint density at radius 2 is 1.43 bits per heavy atom. The molecule has 0 unspecified atom stereocenters. The molecule has 0 saturated heterocycles. The molecule has 2 aliphatic rings. The summed E-state index contributed by atoms with van der Waals surface area (Å²) in [5.74, 6) is -1.54. The summed E-state index contributed by atoms with van der Waals surface area (Å²) in [7, 11) is 2.97. The molecule has 6 rings (SSSR count). The highest BCUT2D eigenvalue weighted by Gasteiger charge is 2.37. The minimum absolute atomic E-state index is 0.000782. The monoisotopic (exact) mass is 674 g/mol. The van der Waals surface area contributed by atoms with Crippen LogP contribution in [0.5, 0.6) is 11.5 Å². The number of benzene rings is 4. The fourth-order valence-corrected chi connectivity index (χ4v) is 6.00. The Hall–Kier alpha value is -5.16. The molecule has 0 aliphatic carbocycles. The second-order valence-corrected chi connectivity index (χ2v) is 11.2. The second-order valence-electron chi connectivity index (χ2n) is 9.95. The van der Waals surface area contributed by atoms with Crippen LogP contribution in [0.4, 0.5) is 11.4 Å². The van der Waals surface area contributed by atoms with E-state index < -0.39 is 23.6 Å². The highest BCUT2D eigenvalue weighted by atomic mass is 35.5. The fourth-order valence-electron chi connectivity index (χ4n) is 5.02. The van der Waals surface area contributed by atoms with Crippen LogP contribution in [-0.4, -0.2) is 43.7 Å². The second kappa shape index (κ2) is 12.3. The number of methoxy groups -OCH3 is 2. The van der Waals surface area contributed by atoms with Gasteiger partial charge in [-0.25, -0.2) is 4.90 Å². The summed E-state index contributed by atoms with van der Waals surface area (Å²) >= 11 is 18.9. The number of nitrogens with zero attached hydrogens (tertiary/aromatic N) is 3.